The number of amides is 1. The Labute approximate surface area is 164 Å². The van der Waals surface area contributed by atoms with Crippen molar-refractivity contribution >= 4 is 17.7 Å². The van der Waals surface area contributed by atoms with Crippen LogP contribution in [0.1, 0.15) is 49.7 Å². The molecule has 4 rings (SSSR count). The number of carbonyl (C=O) groups excluding carboxylic acids is 1. The molecule has 2 aliphatic rings. The van der Waals surface area contributed by atoms with Gasteiger partial charge in [-0.15, -0.1) is 10.2 Å². The van der Waals surface area contributed by atoms with Crippen LogP contribution in [-0.4, -0.2) is 39.3 Å². The lowest BCUT2D eigenvalue weighted by atomic mass is 9.78. The van der Waals surface area contributed by atoms with E-state index in [2.05, 4.69) is 41.1 Å². The Kier molecular flexibility index (Phi) is 5.53. The van der Waals surface area contributed by atoms with Crippen LogP contribution in [0, 0.1) is 19.8 Å². The van der Waals surface area contributed by atoms with E-state index in [-0.39, 0.29) is 5.91 Å². The highest BCUT2D eigenvalue weighted by molar-refractivity contribution is 7.99. The molecule has 27 heavy (non-hydrogen) atoms. The third kappa shape index (κ3) is 4.05. The lowest BCUT2D eigenvalue weighted by molar-refractivity contribution is -0.134. The van der Waals surface area contributed by atoms with E-state index in [0.717, 1.165) is 18.5 Å². The number of piperidine rings is 1. The number of fused-ring (bicyclic) bond motifs is 1. The number of likely N-dealkylation sites (tertiary alicyclic amines) is 1. The van der Waals surface area contributed by atoms with Crippen LogP contribution in [0.2, 0.25) is 0 Å². The second-order valence-electron chi connectivity index (χ2n) is 7.80. The van der Waals surface area contributed by atoms with E-state index < -0.39 is 0 Å². The molecule has 2 atom stereocenters. The second kappa shape index (κ2) is 8.05. The topological polar surface area (TPSA) is 59.2 Å². The lowest BCUT2D eigenvalue weighted by Crippen LogP contribution is -2.50. The molecule has 1 saturated heterocycles. The predicted octanol–water partition coefficient (Wildman–Crippen LogP) is 4.63. The molecule has 0 unspecified atom stereocenters. The second-order valence-corrected chi connectivity index (χ2v) is 8.73. The SMILES string of the molecule is Cc1ccc(-c2nnc(SCC(=O)N3CCC[C@H]4CCCC[C@H]43)o2)cc1C. The maximum atomic E-state index is 12.8. The van der Waals surface area contributed by atoms with E-state index in [1.165, 1.54) is 55.0 Å². The molecule has 0 bridgehead atoms. The largest absolute Gasteiger partial charge is 0.411 e. The van der Waals surface area contributed by atoms with Gasteiger partial charge in [0.25, 0.3) is 5.22 Å². The molecule has 6 heteroatoms. The number of hydrogen-bond donors (Lipinski definition) is 0. The molecule has 1 amide bonds. The van der Waals surface area contributed by atoms with Crippen LogP contribution in [0.3, 0.4) is 0 Å². The van der Waals surface area contributed by atoms with Gasteiger partial charge >= 0.3 is 0 Å². The van der Waals surface area contributed by atoms with Crippen LogP contribution >= 0.6 is 11.8 Å². The van der Waals surface area contributed by atoms with Gasteiger partial charge in [-0.1, -0.05) is 30.7 Å². The van der Waals surface area contributed by atoms with Gasteiger partial charge in [0, 0.05) is 18.2 Å². The molecule has 1 aromatic heterocycles. The Morgan fingerprint density at radius 3 is 2.81 bits per heavy atom. The standard InChI is InChI=1S/C21H27N3O2S/c1-14-9-10-17(12-15(14)2)20-22-23-21(26-20)27-13-19(25)24-11-5-7-16-6-3-4-8-18(16)24/h9-10,12,16,18H,3-8,11,13H2,1-2H3/t16-,18-/m1/s1. The minimum atomic E-state index is 0.211. The van der Waals surface area contributed by atoms with Crippen LogP contribution < -0.4 is 0 Å². The van der Waals surface area contributed by atoms with Gasteiger partial charge < -0.3 is 9.32 Å². The quantitative estimate of drug-likeness (QED) is 0.718. The van der Waals surface area contributed by atoms with Crippen LogP contribution in [0.15, 0.2) is 27.8 Å². The first-order valence-corrected chi connectivity index (χ1v) is 10.9. The monoisotopic (exact) mass is 385 g/mol. The highest BCUT2D eigenvalue weighted by Crippen LogP contribution is 2.35. The highest BCUT2D eigenvalue weighted by Gasteiger charge is 2.35. The first-order chi connectivity index (χ1) is 13.1. The number of nitrogens with zero attached hydrogens (tertiary/aromatic N) is 3. The minimum absolute atomic E-state index is 0.211. The summed E-state index contributed by atoms with van der Waals surface area (Å²) in [5.74, 6) is 1.81. The summed E-state index contributed by atoms with van der Waals surface area (Å²) >= 11 is 1.35. The third-order valence-corrected chi connectivity index (χ3v) is 6.85. The normalized spacial score (nSPS) is 22.5. The maximum Gasteiger partial charge on any atom is 0.277 e. The molecular weight excluding hydrogens is 358 g/mol. The van der Waals surface area contributed by atoms with Crippen molar-refractivity contribution in [2.45, 2.75) is 63.6 Å². The van der Waals surface area contributed by atoms with Crippen molar-refractivity contribution < 1.29 is 9.21 Å². The summed E-state index contributed by atoms with van der Waals surface area (Å²) in [5, 5.41) is 8.74. The summed E-state index contributed by atoms with van der Waals surface area (Å²) < 4.78 is 5.78. The summed E-state index contributed by atoms with van der Waals surface area (Å²) in [7, 11) is 0. The first kappa shape index (κ1) is 18.5. The fourth-order valence-electron chi connectivity index (χ4n) is 4.40. The van der Waals surface area contributed by atoms with Gasteiger partial charge in [0.2, 0.25) is 11.8 Å². The number of carbonyl (C=O) groups is 1. The van der Waals surface area contributed by atoms with Crippen molar-refractivity contribution in [2.24, 2.45) is 5.92 Å². The average molecular weight is 386 g/mol. The summed E-state index contributed by atoms with van der Waals surface area (Å²) in [4.78, 5) is 14.9. The molecule has 144 valence electrons. The number of aryl methyl sites for hydroxylation is 2. The van der Waals surface area contributed by atoms with Gasteiger partial charge in [-0.3, -0.25) is 4.79 Å². The lowest BCUT2D eigenvalue weighted by Gasteiger charge is -2.44. The number of thioether (sulfide) groups is 1. The molecule has 2 fully saturated rings. The van der Waals surface area contributed by atoms with Gasteiger partial charge in [0.05, 0.1) is 5.75 Å². The van der Waals surface area contributed by atoms with Crippen LogP contribution in [0.5, 0.6) is 0 Å². The molecule has 1 aliphatic heterocycles. The summed E-state index contributed by atoms with van der Waals surface area (Å²) in [6.07, 6.45) is 7.44. The first-order valence-electron chi connectivity index (χ1n) is 9.95. The molecule has 1 saturated carbocycles. The Morgan fingerprint density at radius 2 is 1.96 bits per heavy atom. The van der Waals surface area contributed by atoms with Gasteiger partial charge in [-0.2, -0.15) is 0 Å². The molecule has 0 spiro atoms. The smallest absolute Gasteiger partial charge is 0.277 e. The van der Waals surface area contributed by atoms with E-state index >= 15 is 0 Å². The van der Waals surface area contributed by atoms with Gasteiger partial charge in [0.1, 0.15) is 0 Å². The fraction of sp³-hybridized carbons (Fsp3) is 0.571. The Hall–Kier alpha value is -1.82. The van der Waals surface area contributed by atoms with Crippen LogP contribution in [0.25, 0.3) is 11.5 Å². The zero-order chi connectivity index (χ0) is 18.8. The van der Waals surface area contributed by atoms with Gasteiger partial charge in [-0.25, -0.2) is 0 Å². The molecule has 2 heterocycles. The predicted molar refractivity (Wildman–Crippen MR) is 107 cm³/mol. The highest BCUT2D eigenvalue weighted by atomic mass is 32.2. The number of aromatic nitrogens is 2. The van der Waals surface area contributed by atoms with E-state index in [1.807, 2.05) is 6.07 Å². The van der Waals surface area contributed by atoms with Crippen molar-refractivity contribution in [3.05, 3.63) is 29.3 Å². The molecule has 2 aromatic rings. The zero-order valence-electron chi connectivity index (χ0n) is 16.1. The molecule has 0 N–H and O–H groups in total. The van der Waals surface area contributed by atoms with Crippen molar-refractivity contribution in [1.82, 2.24) is 15.1 Å². The van der Waals surface area contributed by atoms with Crippen molar-refractivity contribution in [1.29, 1.82) is 0 Å². The Morgan fingerprint density at radius 1 is 1.15 bits per heavy atom. The molecule has 1 aliphatic carbocycles. The fourth-order valence-corrected chi connectivity index (χ4v) is 5.05. The number of benzene rings is 1. The van der Waals surface area contributed by atoms with Gasteiger partial charge in [0.15, 0.2) is 0 Å². The van der Waals surface area contributed by atoms with E-state index in [4.69, 9.17) is 4.42 Å². The summed E-state index contributed by atoms with van der Waals surface area (Å²) in [6, 6.07) is 6.56. The Balaban J connectivity index is 1.38. The molecular formula is C21H27N3O2S. The van der Waals surface area contributed by atoms with E-state index in [0.29, 0.717) is 28.8 Å². The van der Waals surface area contributed by atoms with Gasteiger partial charge in [-0.05, 0) is 68.7 Å². The summed E-state index contributed by atoms with van der Waals surface area (Å²) in [6.45, 7) is 5.05. The van der Waals surface area contributed by atoms with Crippen molar-refractivity contribution in [3.8, 4) is 11.5 Å². The number of hydrogen-bond acceptors (Lipinski definition) is 5. The summed E-state index contributed by atoms with van der Waals surface area (Å²) in [5.41, 5.74) is 3.35. The molecule has 5 nitrogen and oxygen atoms in total. The Bertz CT molecular complexity index is 818. The van der Waals surface area contributed by atoms with Crippen LogP contribution in [-0.2, 0) is 4.79 Å². The van der Waals surface area contributed by atoms with E-state index in [9.17, 15) is 4.79 Å². The maximum absolute atomic E-state index is 12.8. The number of rotatable bonds is 4. The molecule has 1 aromatic carbocycles. The van der Waals surface area contributed by atoms with Crippen LogP contribution in [0.4, 0.5) is 0 Å². The molecule has 0 radical (unpaired) electrons. The van der Waals surface area contributed by atoms with Crippen molar-refractivity contribution in [2.75, 3.05) is 12.3 Å². The van der Waals surface area contributed by atoms with Crippen molar-refractivity contribution in [3.63, 3.8) is 0 Å². The van der Waals surface area contributed by atoms with E-state index in [1.54, 1.807) is 0 Å². The zero-order valence-corrected chi connectivity index (χ0v) is 16.9. The third-order valence-electron chi connectivity index (χ3n) is 6.04. The average Bonchev–Trinajstić information content (AvgIpc) is 3.17. The minimum Gasteiger partial charge on any atom is -0.411 e.